The van der Waals surface area contributed by atoms with Gasteiger partial charge in [-0.2, -0.15) is 0 Å². The Morgan fingerprint density at radius 1 is 1.30 bits per heavy atom. The van der Waals surface area contributed by atoms with Gasteiger partial charge in [0.25, 0.3) is 0 Å². The smallest absolute Gasteiger partial charge is 0.105 e. The van der Waals surface area contributed by atoms with Crippen LogP contribution in [0.2, 0.25) is 0 Å². The molecule has 1 radical (unpaired) electrons. The van der Waals surface area contributed by atoms with Gasteiger partial charge in [0.05, 0.1) is 0 Å². The van der Waals surface area contributed by atoms with Crippen molar-refractivity contribution in [3.8, 4) is 0 Å². The summed E-state index contributed by atoms with van der Waals surface area (Å²) in [4.78, 5) is 0. The Morgan fingerprint density at radius 3 is 2.50 bits per heavy atom. The van der Waals surface area contributed by atoms with Gasteiger partial charge in [0, 0.05) is 6.54 Å². The van der Waals surface area contributed by atoms with Crippen LogP contribution < -0.4 is 5.73 Å². The summed E-state index contributed by atoms with van der Waals surface area (Å²) in [6.07, 6.45) is 4.96. The summed E-state index contributed by atoms with van der Waals surface area (Å²) in [5.74, 6) is 0. The second-order valence-electron chi connectivity index (χ2n) is 2.71. The third-order valence-corrected chi connectivity index (χ3v) is 1.64. The van der Waals surface area contributed by atoms with Crippen LogP contribution in [-0.2, 0) is 5.11 Å². The molecular formula is C8H18NO. The maximum Gasteiger partial charge on any atom is 0.105 e. The molecule has 2 nitrogen and oxygen atoms in total. The normalized spacial score (nSPS) is 13.5. The van der Waals surface area contributed by atoms with E-state index >= 15 is 0 Å². The summed E-state index contributed by atoms with van der Waals surface area (Å²) in [5, 5.41) is 10.7. The molecule has 0 saturated heterocycles. The van der Waals surface area contributed by atoms with Crippen LogP contribution in [0.4, 0.5) is 0 Å². The van der Waals surface area contributed by atoms with Crippen LogP contribution in [0.25, 0.3) is 0 Å². The van der Waals surface area contributed by atoms with Gasteiger partial charge in [0.1, 0.15) is 6.10 Å². The molecule has 0 rings (SSSR count). The number of hydrogen-bond donors (Lipinski definition) is 1. The molecule has 0 aromatic carbocycles. The van der Waals surface area contributed by atoms with Gasteiger partial charge in [-0.05, 0) is 6.42 Å². The third kappa shape index (κ3) is 6.05. The van der Waals surface area contributed by atoms with Gasteiger partial charge in [0.2, 0.25) is 0 Å². The van der Waals surface area contributed by atoms with Crippen LogP contribution in [0.15, 0.2) is 0 Å². The Labute approximate surface area is 63.4 Å². The Morgan fingerprint density at radius 2 is 2.00 bits per heavy atom. The average Bonchev–Trinajstić information content (AvgIpc) is 1.98. The monoisotopic (exact) mass is 144 g/mol. The standard InChI is InChI=1S/C8H18NO/c1-2-3-4-5-6-8(10)7-9/h8H,2-7,9H2,1H3. The Hall–Kier alpha value is -0.0800. The van der Waals surface area contributed by atoms with Crippen LogP contribution in [0.1, 0.15) is 39.0 Å². The topological polar surface area (TPSA) is 45.9 Å². The molecule has 2 N–H and O–H groups in total. The van der Waals surface area contributed by atoms with Crippen molar-refractivity contribution in [2.75, 3.05) is 6.54 Å². The van der Waals surface area contributed by atoms with E-state index in [2.05, 4.69) is 6.92 Å². The van der Waals surface area contributed by atoms with Crippen molar-refractivity contribution in [3.63, 3.8) is 0 Å². The van der Waals surface area contributed by atoms with Crippen LogP contribution in [-0.4, -0.2) is 12.6 Å². The zero-order valence-corrected chi connectivity index (χ0v) is 6.81. The molecule has 0 bridgehead atoms. The van der Waals surface area contributed by atoms with E-state index in [0.717, 1.165) is 12.8 Å². The summed E-state index contributed by atoms with van der Waals surface area (Å²) >= 11 is 0. The van der Waals surface area contributed by atoms with E-state index in [0.29, 0.717) is 6.54 Å². The molecule has 0 aliphatic heterocycles. The van der Waals surface area contributed by atoms with E-state index in [4.69, 9.17) is 5.73 Å². The first-order valence-corrected chi connectivity index (χ1v) is 4.17. The molecule has 0 aliphatic carbocycles. The SMILES string of the molecule is CCCCCCC([O])CN. The predicted octanol–water partition coefficient (Wildman–Crippen LogP) is 1.71. The van der Waals surface area contributed by atoms with Crippen LogP contribution in [0.3, 0.4) is 0 Å². The van der Waals surface area contributed by atoms with Gasteiger partial charge >= 0.3 is 0 Å². The van der Waals surface area contributed by atoms with Crippen LogP contribution in [0, 0.1) is 0 Å². The lowest BCUT2D eigenvalue weighted by atomic mass is 10.1. The lowest BCUT2D eigenvalue weighted by Gasteiger charge is -2.02. The minimum Gasteiger partial charge on any atom is -0.328 e. The zero-order chi connectivity index (χ0) is 7.82. The molecule has 1 unspecified atom stereocenters. The molecule has 0 fully saturated rings. The minimum atomic E-state index is -0.517. The fourth-order valence-electron chi connectivity index (χ4n) is 0.917. The van der Waals surface area contributed by atoms with Gasteiger partial charge in [-0.15, -0.1) is 0 Å². The number of hydrogen-bond acceptors (Lipinski definition) is 1. The highest BCUT2D eigenvalue weighted by atomic mass is 16.3. The average molecular weight is 144 g/mol. The number of rotatable bonds is 6. The first-order chi connectivity index (χ1) is 4.81. The first-order valence-electron chi connectivity index (χ1n) is 4.17. The van der Waals surface area contributed by atoms with E-state index in [1.807, 2.05) is 0 Å². The van der Waals surface area contributed by atoms with Gasteiger partial charge in [-0.1, -0.05) is 32.6 Å². The molecule has 0 aromatic heterocycles. The first kappa shape index (κ1) is 9.92. The molecule has 0 aromatic rings. The Balaban J connectivity index is 2.89. The largest absolute Gasteiger partial charge is 0.328 e. The minimum absolute atomic E-state index is 0.298. The van der Waals surface area contributed by atoms with E-state index in [1.54, 1.807) is 0 Å². The molecule has 0 heterocycles. The van der Waals surface area contributed by atoms with Crippen molar-refractivity contribution >= 4 is 0 Å². The lowest BCUT2D eigenvalue weighted by molar-refractivity contribution is 0.0860. The third-order valence-electron chi connectivity index (χ3n) is 1.64. The summed E-state index contributed by atoms with van der Waals surface area (Å²) in [6.45, 7) is 2.46. The van der Waals surface area contributed by atoms with E-state index in [9.17, 15) is 5.11 Å². The highest BCUT2D eigenvalue weighted by Gasteiger charge is 2.00. The van der Waals surface area contributed by atoms with Crippen LogP contribution >= 0.6 is 0 Å². The fraction of sp³-hybridized carbons (Fsp3) is 1.00. The quantitative estimate of drug-likeness (QED) is 0.567. The van der Waals surface area contributed by atoms with Gasteiger partial charge < -0.3 is 5.73 Å². The molecule has 0 amide bonds. The summed E-state index contributed by atoms with van der Waals surface area (Å²) in [7, 11) is 0. The fourth-order valence-corrected chi connectivity index (χ4v) is 0.917. The van der Waals surface area contributed by atoms with Crippen molar-refractivity contribution in [2.24, 2.45) is 5.73 Å². The molecule has 0 aliphatic rings. The molecule has 1 atom stereocenters. The van der Waals surface area contributed by atoms with Crippen LogP contribution in [0.5, 0.6) is 0 Å². The molecule has 2 heteroatoms. The van der Waals surface area contributed by atoms with E-state index < -0.39 is 6.10 Å². The van der Waals surface area contributed by atoms with Crippen molar-refractivity contribution in [3.05, 3.63) is 0 Å². The molecule has 10 heavy (non-hydrogen) atoms. The summed E-state index contributed by atoms with van der Waals surface area (Å²) in [5.41, 5.74) is 5.17. The Bertz CT molecular complexity index is 66.3. The molecular weight excluding hydrogens is 126 g/mol. The number of unbranched alkanes of at least 4 members (excludes halogenated alkanes) is 3. The van der Waals surface area contributed by atoms with Gasteiger partial charge in [-0.25, -0.2) is 5.11 Å². The molecule has 61 valence electrons. The predicted molar refractivity (Wildman–Crippen MR) is 42.3 cm³/mol. The van der Waals surface area contributed by atoms with Gasteiger partial charge in [0.15, 0.2) is 0 Å². The molecule has 0 spiro atoms. The van der Waals surface area contributed by atoms with Crippen molar-refractivity contribution in [2.45, 2.75) is 45.1 Å². The second kappa shape index (κ2) is 7.03. The summed E-state index contributed by atoms with van der Waals surface area (Å²) in [6, 6.07) is 0. The zero-order valence-electron chi connectivity index (χ0n) is 6.81. The van der Waals surface area contributed by atoms with Crippen molar-refractivity contribution in [1.29, 1.82) is 0 Å². The second-order valence-corrected chi connectivity index (χ2v) is 2.71. The maximum absolute atomic E-state index is 10.7. The maximum atomic E-state index is 10.7. The Kier molecular flexibility index (Phi) is 6.98. The highest BCUT2D eigenvalue weighted by molar-refractivity contribution is 4.54. The van der Waals surface area contributed by atoms with E-state index in [-0.39, 0.29) is 0 Å². The van der Waals surface area contributed by atoms with Gasteiger partial charge in [-0.3, -0.25) is 0 Å². The highest BCUT2D eigenvalue weighted by Crippen LogP contribution is 2.04. The molecule has 0 saturated carbocycles. The van der Waals surface area contributed by atoms with Crippen molar-refractivity contribution in [1.82, 2.24) is 0 Å². The lowest BCUT2D eigenvalue weighted by Crippen LogP contribution is -2.17. The van der Waals surface area contributed by atoms with E-state index in [1.165, 1.54) is 19.3 Å². The van der Waals surface area contributed by atoms with Crippen molar-refractivity contribution < 1.29 is 5.11 Å². The summed E-state index contributed by atoms with van der Waals surface area (Å²) < 4.78 is 0. The number of nitrogens with two attached hydrogens (primary N) is 1.